The van der Waals surface area contributed by atoms with Crippen LogP contribution in [0, 0.1) is 0 Å². The Morgan fingerprint density at radius 3 is 2.84 bits per heavy atom. The molecule has 2 unspecified atom stereocenters. The number of aromatic nitrogens is 2. The second kappa shape index (κ2) is 5.37. The fraction of sp³-hybridized carbons (Fsp3) is 0.545. The molecule has 3 N–H and O–H groups in total. The average Bonchev–Trinajstić information content (AvgIpc) is 2.87. The van der Waals surface area contributed by atoms with Crippen molar-refractivity contribution >= 4 is 5.91 Å². The van der Waals surface area contributed by atoms with Gasteiger partial charge in [-0.05, 0) is 12.8 Å². The predicted octanol–water partition coefficient (Wildman–Crippen LogP) is -1.92. The van der Waals surface area contributed by atoms with Gasteiger partial charge >= 0.3 is 11.1 Å². The molecule has 1 aliphatic rings. The van der Waals surface area contributed by atoms with Crippen LogP contribution in [-0.2, 0) is 23.1 Å². The van der Waals surface area contributed by atoms with Gasteiger partial charge in [0.1, 0.15) is 6.10 Å². The van der Waals surface area contributed by atoms with Crippen molar-refractivity contribution in [3.05, 3.63) is 33.1 Å². The van der Waals surface area contributed by atoms with Crippen molar-refractivity contribution in [3.63, 3.8) is 0 Å². The fourth-order valence-electron chi connectivity index (χ4n) is 2.08. The van der Waals surface area contributed by atoms with Gasteiger partial charge in [0.2, 0.25) is 0 Å². The van der Waals surface area contributed by atoms with E-state index in [4.69, 9.17) is 10.6 Å². The van der Waals surface area contributed by atoms with Crippen molar-refractivity contribution < 1.29 is 9.53 Å². The third-order valence-electron chi connectivity index (χ3n) is 3.18. The molecule has 1 saturated heterocycles. The van der Waals surface area contributed by atoms with Crippen LogP contribution < -0.4 is 22.4 Å². The molecule has 1 aromatic heterocycles. The van der Waals surface area contributed by atoms with Crippen molar-refractivity contribution in [1.82, 2.24) is 14.6 Å². The second-order valence-corrected chi connectivity index (χ2v) is 4.50. The van der Waals surface area contributed by atoms with Crippen molar-refractivity contribution in [1.29, 1.82) is 0 Å². The van der Waals surface area contributed by atoms with E-state index in [0.717, 1.165) is 0 Å². The van der Waals surface area contributed by atoms with E-state index in [1.165, 1.54) is 28.6 Å². The van der Waals surface area contributed by atoms with Gasteiger partial charge in [-0.2, -0.15) is 0 Å². The molecule has 1 fully saturated rings. The van der Waals surface area contributed by atoms with E-state index in [0.29, 0.717) is 12.8 Å². The van der Waals surface area contributed by atoms with Gasteiger partial charge in [-0.1, -0.05) is 0 Å². The molecule has 19 heavy (non-hydrogen) atoms. The third kappa shape index (κ3) is 2.74. The quantitative estimate of drug-likeness (QED) is 0.288. The third-order valence-corrected chi connectivity index (χ3v) is 3.18. The van der Waals surface area contributed by atoms with E-state index in [1.807, 2.05) is 5.43 Å². The number of nitrogens with two attached hydrogens (primary N) is 1. The number of carbonyl (C=O) groups is 1. The highest BCUT2D eigenvalue weighted by Crippen LogP contribution is 2.20. The van der Waals surface area contributed by atoms with Crippen LogP contribution >= 0.6 is 0 Å². The van der Waals surface area contributed by atoms with Crippen LogP contribution in [-0.4, -0.2) is 27.2 Å². The summed E-state index contributed by atoms with van der Waals surface area (Å²) in [5.74, 6) is 4.66. The standard InChI is InChI=1S/C11H16N4O4/c1-14-4-5-15(11(18)10(14)17)6-7-2-3-8(19-7)9(16)13-12/h4-5,7-8H,2-3,6,12H2,1H3,(H,13,16). The first-order valence-corrected chi connectivity index (χ1v) is 5.95. The van der Waals surface area contributed by atoms with Gasteiger partial charge in [0, 0.05) is 19.4 Å². The number of rotatable bonds is 3. The molecule has 104 valence electrons. The minimum atomic E-state index is -0.597. The maximum Gasteiger partial charge on any atom is 0.316 e. The summed E-state index contributed by atoms with van der Waals surface area (Å²) in [6.45, 7) is 0.253. The molecule has 2 heterocycles. The molecule has 8 heteroatoms. The lowest BCUT2D eigenvalue weighted by molar-refractivity contribution is -0.132. The van der Waals surface area contributed by atoms with E-state index in [9.17, 15) is 14.4 Å². The highest BCUT2D eigenvalue weighted by atomic mass is 16.5. The van der Waals surface area contributed by atoms with Gasteiger partial charge in [-0.15, -0.1) is 0 Å². The minimum Gasteiger partial charge on any atom is -0.363 e. The Morgan fingerprint density at radius 2 is 2.16 bits per heavy atom. The van der Waals surface area contributed by atoms with Crippen LogP contribution in [0.5, 0.6) is 0 Å². The lowest BCUT2D eigenvalue weighted by atomic mass is 10.2. The number of hydrogen-bond acceptors (Lipinski definition) is 5. The summed E-state index contributed by atoms with van der Waals surface area (Å²) in [6.07, 6.45) is 3.38. The molecule has 1 aromatic rings. The fourth-order valence-corrected chi connectivity index (χ4v) is 2.08. The molecule has 1 amide bonds. The zero-order valence-electron chi connectivity index (χ0n) is 10.5. The highest BCUT2D eigenvalue weighted by molar-refractivity contribution is 5.80. The van der Waals surface area contributed by atoms with E-state index >= 15 is 0 Å². The lowest BCUT2D eigenvalue weighted by Crippen LogP contribution is -2.42. The first-order valence-electron chi connectivity index (χ1n) is 5.95. The first-order chi connectivity index (χ1) is 9.02. The van der Waals surface area contributed by atoms with Crippen molar-refractivity contribution in [2.45, 2.75) is 31.6 Å². The van der Waals surface area contributed by atoms with E-state index in [-0.39, 0.29) is 18.6 Å². The van der Waals surface area contributed by atoms with Crippen molar-refractivity contribution in [2.24, 2.45) is 12.9 Å². The monoisotopic (exact) mass is 268 g/mol. The molecular weight excluding hydrogens is 252 g/mol. The Labute approximate surface area is 108 Å². The Kier molecular flexibility index (Phi) is 3.82. The van der Waals surface area contributed by atoms with Gasteiger partial charge in [-0.25, -0.2) is 5.84 Å². The number of hydrazine groups is 1. The van der Waals surface area contributed by atoms with E-state index in [2.05, 4.69) is 0 Å². The van der Waals surface area contributed by atoms with Crippen LogP contribution in [0.1, 0.15) is 12.8 Å². The summed E-state index contributed by atoms with van der Waals surface area (Å²) < 4.78 is 8.01. The molecule has 0 spiro atoms. The number of nitrogens with zero attached hydrogens (tertiary/aromatic N) is 2. The Bertz CT molecular complexity index is 591. The molecule has 1 aliphatic heterocycles. The maximum absolute atomic E-state index is 11.7. The second-order valence-electron chi connectivity index (χ2n) is 4.50. The molecule has 8 nitrogen and oxygen atoms in total. The largest absolute Gasteiger partial charge is 0.363 e. The molecule has 0 saturated carbocycles. The number of carbonyl (C=O) groups excluding carboxylic acids is 1. The summed E-state index contributed by atoms with van der Waals surface area (Å²) in [5, 5.41) is 0. The Hall–Kier alpha value is -1.93. The van der Waals surface area contributed by atoms with Crippen LogP contribution in [0.3, 0.4) is 0 Å². The number of aryl methyl sites for hydroxylation is 1. The molecular formula is C11H16N4O4. The summed E-state index contributed by atoms with van der Waals surface area (Å²) in [6, 6.07) is 0. The van der Waals surface area contributed by atoms with Crippen LogP contribution in [0.2, 0.25) is 0 Å². The highest BCUT2D eigenvalue weighted by Gasteiger charge is 2.30. The van der Waals surface area contributed by atoms with Gasteiger partial charge in [-0.3, -0.25) is 19.8 Å². The number of nitrogens with one attached hydrogen (secondary N) is 1. The molecule has 0 bridgehead atoms. The average molecular weight is 268 g/mol. The SMILES string of the molecule is Cn1ccn(CC2CCC(C(=O)NN)O2)c(=O)c1=O. The van der Waals surface area contributed by atoms with Crippen molar-refractivity contribution in [2.75, 3.05) is 0 Å². The Morgan fingerprint density at radius 1 is 1.42 bits per heavy atom. The topological polar surface area (TPSA) is 108 Å². The van der Waals surface area contributed by atoms with Gasteiger partial charge in [0.15, 0.2) is 0 Å². The van der Waals surface area contributed by atoms with Crippen LogP contribution in [0.15, 0.2) is 22.0 Å². The van der Waals surface area contributed by atoms with Crippen LogP contribution in [0.4, 0.5) is 0 Å². The summed E-state index contributed by atoms with van der Waals surface area (Å²) in [7, 11) is 1.52. The van der Waals surface area contributed by atoms with Gasteiger partial charge < -0.3 is 13.9 Å². The molecule has 2 rings (SSSR count). The zero-order valence-corrected chi connectivity index (χ0v) is 10.5. The lowest BCUT2D eigenvalue weighted by Gasteiger charge is -2.14. The summed E-state index contributed by atoms with van der Waals surface area (Å²) in [5.41, 5.74) is 0.850. The predicted molar refractivity (Wildman–Crippen MR) is 66.2 cm³/mol. The molecule has 0 radical (unpaired) electrons. The number of hydrogen-bond donors (Lipinski definition) is 2. The first kappa shape index (κ1) is 13.5. The van der Waals surface area contributed by atoms with Gasteiger partial charge in [0.25, 0.3) is 5.91 Å². The van der Waals surface area contributed by atoms with Crippen LogP contribution in [0.25, 0.3) is 0 Å². The Balaban J connectivity index is 2.08. The van der Waals surface area contributed by atoms with Crippen molar-refractivity contribution in [3.8, 4) is 0 Å². The normalized spacial score (nSPS) is 22.4. The zero-order chi connectivity index (χ0) is 14.0. The molecule has 2 atom stereocenters. The molecule has 0 aliphatic carbocycles. The summed E-state index contributed by atoms with van der Waals surface area (Å²) >= 11 is 0. The van der Waals surface area contributed by atoms with E-state index < -0.39 is 17.2 Å². The number of amides is 1. The minimum absolute atomic E-state index is 0.253. The smallest absolute Gasteiger partial charge is 0.316 e. The van der Waals surface area contributed by atoms with E-state index in [1.54, 1.807) is 0 Å². The number of ether oxygens (including phenoxy) is 1. The maximum atomic E-state index is 11.7. The van der Waals surface area contributed by atoms with Gasteiger partial charge in [0.05, 0.1) is 12.6 Å². The molecule has 0 aromatic carbocycles. The summed E-state index contributed by atoms with van der Waals surface area (Å²) in [4.78, 5) is 34.5.